The summed E-state index contributed by atoms with van der Waals surface area (Å²) in [6.45, 7) is 3.86. The lowest BCUT2D eigenvalue weighted by Crippen LogP contribution is -2.18. The molecule has 0 heterocycles. The number of esters is 1. The molecule has 2 atom stereocenters. The summed E-state index contributed by atoms with van der Waals surface area (Å²) in [5, 5.41) is 0.0894. The van der Waals surface area contributed by atoms with Crippen molar-refractivity contribution in [2.24, 2.45) is 0 Å². The fourth-order valence-electron chi connectivity index (χ4n) is 0.597. The molecule has 0 aromatic rings. The molecule has 2 unspecified atom stereocenters. The zero-order valence-corrected chi connectivity index (χ0v) is 8.23. The molecule has 0 aromatic carbocycles. The third-order valence-corrected chi connectivity index (χ3v) is 1.55. The molecule has 0 amide bonds. The van der Waals surface area contributed by atoms with Gasteiger partial charge in [0, 0.05) is 5.25 Å². The van der Waals surface area contributed by atoms with E-state index in [-0.39, 0.29) is 17.2 Å². The van der Waals surface area contributed by atoms with Gasteiger partial charge in [-0.15, -0.1) is 0 Å². The molecule has 0 aromatic heterocycles. The van der Waals surface area contributed by atoms with Gasteiger partial charge >= 0.3 is 5.97 Å². The van der Waals surface area contributed by atoms with Crippen LogP contribution in [0.4, 0.5) is 0 Å². The summed E-state index contributed by atoms with van der Waals surface area (Å²) in [6, 6.07) is 0.0367. The smallest absolute Gasteiger partial charge is 0.306 e. The maximum absolute atomic E-state index is 11.0. The number of carbonyl (C=O) groups excluding carboxylic acids is 1. The molecule has 0 N–H and O–H groups in total. The van der Waals surface area contributed by atoms with Crippen molar-refractivity contribution in [3.63, 3.8) is 0 Å². The van der Waals surface area contributed by atoms with Crippen LogP contribution in [0.5, 0.6) is 0 Å². The highest BCUT2D eigenvalue weighted by Gasteiger charge is 2.09. The number of carbonyl (C=O) groups is 1. The van der Waals surface area contributed by atoms with Crippen LogP contribution in [-0.4, -0.2) is 25.1 Å². The summed E-state index contributed by atoms with van der Waals surface area (Å²) in [5.74, 6) is -0.151. The van der Waals surface area contributed by atoms with Gasteiger partial charge in [-0.2, -0.15) is 12.6 Å². The van der Waals surface area contributed by atoms with E-state index in [4.69, 9.17) is 4.74 Å². The number of hydrogen-bond donors (Lipinski definition) is 1. The van der Waals surface area contributed by atoms with Crippen LogP contribution >= 0.6 is 12.6 Å². The zero-order valence-electron chi connectivity index (χ0n) is 7.33. The van der Waals surface area contributed by atoms with E-state index >= 15 is 0 Å². The second-order valence-electron chi connectivity index (χ2n) is 2.76. The molecule has 64 valence electrons. The highest BCUT2D eigenvalue weighted by molar-refractivity contribution is 7.80. The van der Waals surface area contributed by atoms with Crippen molar-refractivity contribution in [3.05, 3.63) is 0 Å². The lowest BCUT2D eigenvalue weighted by molar-refractivity contribution is -0.145. The van der Waals surface area contributed by atoms with Gasteiger partial charge in [-0.1, -0.05) is 13.8 Å². The third-order valence-electron chi connectivity index (χ3n) is 1.37. The highest BCUT2D eigenvalue weighted by Crippen LogP contribution is 2.03. The van der Waals surface area contributed by atoms with E-state index in [1.54, 1.807) is 0 Å². The average molecular weight is 174 g/mol. The first-order valence-corrected chi connectivity index (χ1v) is 4.45. The van der Waals surface area contributed by atoms with Crippen LogP contribution < -0.4 is 0 Å². The Balaban J connectivity index is 3.52. The Kier molecular flexibility index (Phi) is 5.47. The summed E-state index contributed by atoms with van der Waals surface area (Å²) in [6.07, 6.45) is 1.26. The topological polar surface area (TPSA) is 26.3 Å². The van der Waals surface area contributed by atoms with Gasteiger partial charge in [0.05, 0.1) is 12.4 Å². The first-order valence-electron chi connectivity index (χ1n) is 3.93. The van der Waals surface area contributed by atoms with E-state index in [9.17, 15) is 4.79 Å². The molecule has 0 fully saturated rings. The van der Waals surface area contributed by atoms with E-state index in [1.165, 1.54) is 0 Å². The molecule has 11 heavy (non-hydrogen) atoms. The van der Waals surface area contributed by atoms with Crippen molar-refractivity contribution >= 4 is 26.4 Å². The predicted octanol–water partition coefficient (Wildman–Crippen LogP) is 0.607. The average Bonchev–Trinajstić information content (AvgIpc) is 1.85. The van der Waals surface area contributed by atoms with E-state index in [1.807, 2.05) is 21.7 Å². The Morgan fingerprint density at radius 1 is 1.73 bits per heavy atom. The SMILES string of the molecule is BC(CC)OC(=O)CC(C)S. The number of ether oxygens (including phenoxy) is 1. The van der Waals surface area contributed by atoms with Crippen molar-refractivity contribution in [1.29, 1.82) is 0 Å². The summed E-state index contributed by atoms with van der Waals surface area (Å²) in [5.41, 5.74) is 0. The van der Waals surface area contributed by atoms with Gasteiger partial charge in [0.15, 0.2) is 7.85 Å². The quantitative estimate of drug-likeness (QED) is 0.384. The summed E-state index contributed by atoms with van der Waals surface area (Å²) in [7, 11) is 1.89. The molecular formula is C7H15BO2S. The van der Waals surface area contributed by atoms with Crippen LogP contribution in [-0.2, 0) is 9.53 Å². The van der Waals surface area contributed by atoms with Gasteiger partial charge in [0.1, 0.15) is 0 Å². The molecule has 0 rings (SSSR count). The normalized spacial score (nSPS) is 15.5. The zero-order chi connectivity index (χ0) is 8.85. The lowest BCUT2D eigenvalue weighted by atomic mass is 9.98. The Hall–Kier alpha value is -0.115. The van der Waals surface area contributed by atoms with Crippen molar-refractivity contribution in [3.8, 4) is 0 Å². The van der Waals surface area contributed by atoms with Crippen molar-refractivity contribution in [2.75, 3.05) is 0 Å². The molecule has 2 nitrogen and oxygen atoms in total. The molecule has 0 spiro atoms. The fraction of sp³-hybridized carbons (Fsp3) is 0.857. The highest BCUT2D eigenvalue weighted by atomic mass is 32.1. The molecule has 4 heteroatoms. The van der Waals surface area contributed by atoms with Crippen LogP contribution in [0.2, 0.25) is 0 Å². The molecule has 0 aliphatic carbocycles. The number of thiol groups is 1. The van der Waals surface area contributed by atoms with Gasteiger partial charge < -0.3 is 4.74 Å². The van der Waals surface area contributed by atoms with Crippen LogP contribution in [0.15, 0.2) is 0 Å². The van der Waals surface area contributed by atoms with E-state index in [0.29, 0.717) is 6.42 Å². The van der Waals surface area contributed by atoms with E-state index in [0.717, 1.165) is 6.42 Å². The third kappa shape index (κ3) is 6.29. The Morgan fingerprint density at radius 2 is 2.27 bits per heavy atom. The molecule has 0 saturated heterocycles. The van der Waals surface area contributed by atoms with Crippen molar-refractivity contribution in [2.45, 2.75) is 37.9 Å². The van der Waals surface area contributed by atoms with Crippen molar-refractivity contribution in [1.82, 2.24) is 0 Å². The first-order chi connectivity index (χ1) is 5.06. The molecular weight excluding hydrogens is 159 g/mol. The van der Waals surface area contributed by atoms with E-state index in [2.05, 4.69) is 12.6 Å². The van der Waals surface area contributed by atoms with Gasteiger partial charge in [-0.3, -0.25) is 4.79 Å². The van der Waals surface area contributed by atoms with Gasteiger partial charge in [0.25, 0.3) is 0 Å². The number of rotatable bonds is 4. The molecule has 0 aliphatic rings. The van der Waals surface area contributed by atoms with Crippen molar-refractivity contribution < 1.29 is 9.53 Å². The van der Waals surface area contributed by atoms with Crippen LogP contribution in [0, 0.1) is 0 Å². The van der Waals surface area contributed by atoms with Crippen LogP contribution in [0.1, 0.15) is 26.7 Å². The Morgan fingerprint density at radius 3 is 2.64 bits per heavy atom. The van der Waals surface area contributed by atoms with Crippen LogP contribution in [0.3, 0.4) is 0 Å². The minimum Gasteiger partial charge on any atom is -0.472 e. The predicted molar refractivity (Wildman–Crippen MR) is 51.8 cm³/mol. The summed E-state index contributed by atoms with van der Waals surface area (Å²) < 4.78 is 5.02. The number of hydrogen-bond acceptors (Lipinski definition) is 3. The Bertz CT molecular complexity index is 128. The lowest BCUT2D eigenvalue weighted by Gasteiger charge is -2.11. The maximum atomic E-state index is 11.0. The maximum Gasteiger partial charge on any atom is 0.306 e. The molecule has 0 radical (unpaired) electrons. The van der Waals surface area contributed by atoms with E-state index < -0.39 is 0 Å². The Labute approximate surface area is 74.5 Å². The minimum atomic E-state index is -0.151. The molecule has 0 bridgehead atoms. The van der Waals surface area contributed by atoms with Gasteiger partial charge in [-0.05, 0) is 6.42 Å². The first kappa shape index (κ1) is 10.9. The second kappa shape index (κ2) is 5.52. The standard InChI is InChI=1S/C7H15BO2S/c1-3-6(8)10-7(9)4-5(2)11/h5-6,11H,3-4,8H2,1-2H3. The van der Waals surface area contributed by atoms with Crippen LogP contribution in [0.25, 0.3) is 0 Å². The fourth-order valence-corrected chi connectivity index (χ4v) is 0.746. The monoisotopic (exact) mass is 174 g/mol. The summed E-state index contributed by atoms with van der Waals surface area (Å²) >= 11 is 4.09. The summed E-state index contributed by atoms with van der Waals surface area (Å²) in [4.78, 5) is 11.0. The largest absolute Gasteiger partial charge is 0.472 e. The minimum absolute atomic E-state index is 0.0367. The second-order valence-corrected chi connectivity index (χ2v) is 3.64. The van der Waals surface area contributed by atoms with Gasteiger partial charge in [0.2, 0.25) is 0 Å². The molecule has 0 aliphatic heterocycles. The van der Waals surface area contributed by atoms with Gasteiger partial charge in [-0.25, -0.2) is 0 Å². The molecule has 0 saturated carbocycles.